The minimum atomic E-state index is 0.216. The van der Waals surface area contributed by atoms with E-state index in [0.29, 0.717) is 0 Å². The van der Waals surface area contributed by atoms with Crippen molar-refractivity contribution in [2.75, 3.05) is 26.6 Å². The van der Waals surface area contributed by atoms with Gasteiger partial charge in [-0.15, -0.1) is 0 Å². The summed E-state index contributed by atoms with van der Waals surface area (Å²) in [6.07, 6.45) is 3.34. The largest absolute Gasteiger partial charge is 0.365 e. The molecule has 0 bridgehead atoms. The van der Waals surface area contributed by atoms with Crippen LogP contribution in [0.4, 0.5) is 0 Å². The molecule has 4 nitrogen and oxygen atoms in total. The van der Waals surface area contributed by atoms with Crippen LogP contribution in [0.25, 0.3) is 0 Å². The molecule has 0 N–H and O–H groups in total. The summed E-state index contributed by atoms with van der Waals surface area (Å²) in [5, 5.41) is 7.01. The smallest absolute Gasteiger partial charge is 0.101 e. The van der Waals surface area contributed by atoms with E-state index in [2.05, 4.69) is 30.7 Å². The van der Waals surface area contributed by atoms with Crippen molar-refractivity contribution in [2.24, 2.45) is 5.10 Å². The lowest BCUT2D eigenvalue weighted by Crippen LogP contribution is -2.45. The van der Waals surface area contributed by atoms with Gasteiger partial charge in [0.25, 0.3) is 0 Å². The van der Waals surface area contributed by atoms with Crippen LogP contribution in [0.1, 0.15) is 40.0 Å². The second kappa shape index (κ2) is 4.72. The van der Waals surface area contributed by atoms with Crippen LogP contribution in [0, 0.1) is 0 Å². The van der Waals surface area contributed by atoms with E-state index in [1.807, 2.05) is 0 Å². The molecule has 1 fully saturated rings. The topological polar surface area (TPSA) is 28.1 Å². The quantitative estimate of drug-likeness (QED) is 0.731. The Balaban J connectivity index is 2.01. The Morgan fingerprint density at radius 2 is 2.25 bits per heavy atom. The molecule has 2 heterocycles. The average Bonchev–Trinajstić information content (AvgIpc) is 2.89. The van der Waals surface area contributed by atoms with Gasteiger partial charge >= 0.3 is 0 Å². The van der Waals surface area contributed by atoms with Gasteiger partial charge in [-0.1, -0.05) is 13.8 Å². The first kappa shape index (κ1) is 11.9. The van der Waals surface area contributed by atoms with Crippen molar-refractivity contribution in [3.05, 3.63) is 0 Å². The molecule has 1 atom stereocenters. The van der Waals surface area contributed by atoms with Gasteiger partial charge in [0.1, 0.15) is 6.73 Å². The van der Waals surface area contributed by atoms with Crippen LogP contribution < -0.4 is 0 Å². The van der Waals surface area contributed by atoms with Crippen LogP contribution in [0.2, 0.25) is 0 Å². The zero-order chi connectivity index (χ0) is 11.6. The van der Waals surface area contributed by atoms with Crippen molar-refractivity contribution >= 4 is 5.71 Å². The number of hydrazone groups is 1. The number of rotatable bonds is 4. The first-order valence-electron chi connectivity index (χ1n) is 6.32. The van der Waals surface area contributed by atoms with E-state index in [1.54, 1.807) is 0 Å². The summed E-state index contributed by atoms with van der Waals surface area (Å²) in [5.41, 5.74) is 1.55. The van der Waals surface area contributed by atoms with E-state index in [4.69, 9.17) is 9.84 Å². The summed E-state index contributed by atoms with van der Waals surface area (Å²) < 4.78 is 5.37. The third-order valence-electron chi connectivity index (χ3n) is 3.80. The summed E-state index contributed by atoms with van der Waals surface area (Å²) in [6.45, 7) is 10.3. The van der Waals surface area contributed by atoms with E-state index < -0.39 is 0 Å². The third-order valence-corrected chi connectivity index (χ3v) is 3.80. The predicted molar refractivity (Wildman–Crippen MR) is 65.3 cm³/mol. The fourth-order valence-corrected chi connectivity index (χ4v) is 2.32. The van der Waals surface area contributed by atoms with Gasteiger partial charge in [-0.25, -0.2) is 0 Å². The second-order valence-electron chi connectivity index (χ2n) is 5.02. The van der Waals surface area contributed by atoms with Gasteiger partial charge in [-0.05, 0) is 19.8 Å². The summed E-state index contributed by atoms with van der Waals surface area (Å²) in [7, 11) is 0. The van der Waals surface area contributed by atoms with Crippen molar-refractivity contribution in [3.8, 4) is 0 Å². The molecule has 2 aliphatic rings. The van der Waals surface area contributed by atoms with Crippen LogP contribution in [0.5, 0.6) is 0 Å². The highest BCUT2D eigenvalue weighted by atomic mass is 16.5. The maximum Gasteiger partial charge on any atom is 0.101 e. The number of hydrogen-bond acceptors (Lipinski definition) is 4. The monoisotopic (exact) mass is 225 g/mol. The Bertz CT molecular complexity index is 273. The highest BCUT2D eigenvalue weighted by Gasteiger charge is 2.37. The molecule has 16 heavy (non-hydrogen) atoms. The average molecular weight is 225 g/mol. The number of hydrogen-bond donors (Lipinski definition) is 0. The molecule has 0 saturated carbocycles. The molecule has 0 amide bonds. The fourth-order valence-electron chi connectivity index (χ4n) is 2.32. The highest BCUT2D eigenvalue weighted by molar-refractivity contribution is 5.86. The Labute approximate surface area is 98.2 Å². The maximum absolute atomic E-state index is 5.37. The van der Waals surface area contributed by atoms with Gasteiger partial charge in [0, 0.05) is 18.7 Å². The number of nitrogens with zero attached hydrogens (tertiary/aromatic N) is 3. The lowest BCUT2D eigenvalue weighted by Gasteiger charge is -2.35. The van der Waals surface area contributed by atoms with Gasteiger partial charge in [-0.3, -0.25) is 9.91 Å². The minimum absolute atomic E-state index is 0.216. The second-order valence-corrected chi connectivity index (χ2v) is 5.02. The third kappa shape index (κ3) is 2.23. The standard InChI is InChI=1S/C12H23N3O/c1-4-11-8-12(3,5-2)15(13-11)9-14-6-7-16-10-14/h4-10H2,1-3H3. The van der Waals surface area contributed by atoms with Gasteiger partial charge < -0.3 is 4.74 Å². The van der Waals surface area contributed by atoms with Crippen molar-refractivity contribution in [2.45, 2.75) is 45.6 Å². The van der Waals surface area contributed by atoms with E-state index in [1.165, 1.54) is 5.71 Å². The molecule has 0 aromatic heterocycles. The van der Waals surface area contributed by atoms with Crippen molar-refractivity contribution in [1.82, 2.24) is 9.91 Å². The SMILES string of the molecule is CCC1=NN(CN2CCOC2)C(C)(CC)C1. The Kier molecular flexibility index (Phi) is 3.50. The molecular formula is C12H23N3O. The molecular weight excluding hydrogens is 202 g/mol. The highest BCUT2D eigenvalue weighted by Crippen LogP contribution is 2.31. The summed E-state index contributed by atoms with van der Waals surface area (Å²) in [6, 6.07) is 0. The number of ether oxygens (including phenoxy) is 1. The Morgan fingerprint density at radius 1 is 1.44 bits per heavy atom. The minimum Gasteiger partial charge on any atom is -0.365 e. The van der Waals surface area contributed by atoms with E-state index in [0.717, 1.165) is 45.8 Å². The van der Waals surface area contributed by atoms with E-state index in [9.17, 15) is 0 Å². The maximum atomic E-state index is 5.37. The molecule has 0 aliphatic carbocycles. The van der Waals surface area contributed by atoms with Crippen LogP contribution in [-0.2, 0) is 4.74 Å². The molecule has 2 aliphatic heterocycles. The molecule has 0 aromatic carbocycles. The molecule has 1 unspecified atom stereocenters. The van der Waals surface area contributed by atoms with Crippen molar-refractivity contribution < 1.29 is 4.74 Å². The Morgan fingerprint density at radius 3 is 2.81 bits per heavy atom. The van der Waals surface area contributed by atoms with Crippen molar-refractivity contribution in [3.63, 3.8) is 0 Å². The normalized spacial score (nSPS) is 31.2. The first-order chi connectivity index (χ1) is 7.68. The zero-order valence-electron chi connectivity index (χ0n) is 10.7. The van der Waals surface area contributed by atoms with E-state index in [-0.39, 0.29) is 5.54 Å². The molecule has 0 aromatic rings. The van der Waals surface area contributed by atoms with Crippen LogP contribution in [0.3, 0.4) is 0 Å². The molecule has 0 radical (unpaired) electrons. The summed E-state index contributed by atoms with van der Waals surface area (Å²) in [5.74, 6) is 0. The summed E-state index contributed by atoms with van der Waals surface area (Å²) in [4.78, 5) is 2.32. The predicted octanol–water partition coefficient (Wildman–Crippen LogP) is 1.87. The summed E-state index contributed by atoms with van der Waals surface area (Å²) >= 11 is 0. The first-order valence-corrected chi connectivity index (χ1v) is 6.32. The molecule has 1 saturated heterocycles. The van der Waals surface area contributed by atoms with Gasteiger partial charge in [-0.2, -0.15) is 5.10 Å². The van der Waals surface area contributed by atoms with Gasteiger partial charge in [0.05, 0.1) is 18.8 Å². The van der Waals surface area contributed by atoms with Crippen molar-refractivity contribution in [1.29, 1.82) is 0 Å². The molecule has 0 spiro atoms. The van der Waals surface area contributed by atoms with Crippen LogP contribution >= 0.6 is 0 Å². The molecule has 2 rings (SSSR count). The zero-order valence-corrected chi connectivity index (χ0v) is 10.7. The van der Waals surface area contributed by atoms with Crippen LogP contribution in [0.15, 0.2) is 5.10 Å². The van der Waals surface area contributed by atoms with Gasteiger partial charge in [0.15, 0.2) is 0 Å². The van der Waals surface area contributed by atoms with Crippen LogP contribution in [-0.4, -0.2) is 47.7 Å². The lowest BCUT2D eigenvalue weighted by atomic mass is 9.92. The van der Waals surface area contributed by atoms with E-state index >= 15 is 0 Å². The Hall–Kier alpha value is -0.610. The lowest BCUT2D eigenvalue weighted by molar-refractivity contribution is 0.0402. The van der Waals surface area contributed by atoms with Gasteiger partial charge in [0.2, 0.25) is 0 Å². The molecule has 92 valence electrons. The molecule has 4 heteroatoms. The fraction of sp³-hybridized carbons (Fsp3) is 0.917.